The minimum Gasteiger partial charge on any atom is -0.288 e. The molecule has 4 aliphatic carbocycles. The number of carbonyl (C=O) groups is 1. The highest BCUT2D eigenvalue weighted by molar-refractivity contribution is 6.00. The largest absolute Gasteiger partial charge is 0.288 e. The summed E-state index contributed by atoms with van der Waals surface area (Å²) in [5.74, 6) is 1.43. The summed E-state index contributed by atoms with van der Waals surface area (Å²) in [5.41, 5.74) is 8.99. The van der Waals surface area contributed by atoms with Gasteiger partial charge in [0.05, 0.1) is 16.8 Å². The van der Waals surface area contributed by atoms with Crippen LogP contribution in [0.3, 0.4) is 0 Å². The summed E-state index contributed by atoms with van der Waals surface area (Å²) >= 11 is 0. The second kappa shape index (κ2) is 5.25. The molecule has 0 aromatic heterocycles. The van der Waals surface area contributed by atoms with Crippen LogP contribution in [0.1, 0.15) is 48.9 Å². The zero-order valence-corrected chi connectivity index (χ0v) is 12.9. The smallest absolute Gasteiger partial charge is 0.251 e. The van der Waals surface area contributed by atoms with Gasteiger partial charge in [-0.2, -0.15) is 0 Å². The quantitative estimate of drug-likeness (QED) is 0.390. The van der Waals surface area contributed by atoms with E-state index in [1.54, 1.807) is 24.3 Å². The van der Waals surface area contributed by atoms with Gasteiger partial charge >= 0.3 is 0 Å². The monoisotopic (exact) mass is 312 g/mol. The van der Waals surface area contributed by atoms with Crippen molar-refractivity contribution in [3.8, 4) is 0 Å². The molecule has 4 fully saturated rings. The highest BCUT2D eigenvalue weighted by Gasteiger charge is 2.54. The Hall–Kier alpha value is -2.04. The van der Waals surface area contributed by atoms with Crippen molar-refractivity contribution >= 4 is 11.6 Å². The Morgan fingerprint density at radius 2 is 1.74 bits per heavy atom. The molecule has 1 amide bonds. The molecular weight excluding hydrogens is 292 g/mol. The normalized spacial score (nSPS) is 34.0. The van der Waals surface area contributed by atoms with E-state index in [1.807, 2.05) is 0 Å². The number of para-hydroxylation sites is 1. The number of hydrogen-bond donors (Lipinski definition) is 1. The Labute approximate surface area is 134 Å². The van der Waals surface area contributed by atoms with E-state index in [0.29, 0.717) is 23.4 Å². The van der Waals surface area contributed by atoms with Crippen molar-refractivity contribution in [2.24, 2.45) is 22.9 Å². The first-order chi connectivity index (χ1) is 11.1. The maximum absolute atomic E-state index is 12.0. The molecule has 6 heteroatoms. The van der Waals surface area contributed by atoms with Gasteiger partial charge in [-0.3, -0.25) is 15.1 Å². The van der Waals surface area contributed by atoms with Gasteiger partial charge in [-0.25, -0.2) is 0 Å². The van der Waals surface area contributed by atoms with Gasteiger partial charge in [0.1, 0.15) is 0 Å². The van der Waals surface area contributed by atoms with E-state index < -0.39 is 5.91 Å². The van der Waals surface area contributed by atoms with E-state index in [0.717, 1.165) is 19.3 Å². The summed E-state index contributed by atoms with van der Waals surface area (Å²) in [6, 6.07) is 6.86. The third-order valence-electron chi connectivity index (χ3n) is 5.95. The summed E-state index contributed by atoms with van der Waals surface area (Å²) in [7, 11) is 0. The van der Waals surface area contributed by atoms with Gasteiger partial charge in [-0.05, 0) is 79.1 Å². The predicted octanol–water partition coefficient (Wildman–Crippen LogP) is 4.30. The van der Waals surface area contributed by atoms with Crippen molar-refractivity contribution in [1.82, 2.24) is 0 Å². The maximum atomic E-state index is 12.0. The van der Waals surface area contributed by atoms with Gasteiger partial charge in [0, 0.05) is 4.91 Å². The third-order valence-corrected chi connectivity index (χ3v) is 5.95. The molecule has 1 aromatic carbocycles. The van der Waals surface area contributed by atoms with E-state index in [4.69, 9.17) is 5.53 Å². The minimum atomic E-state index is -0.646. The summed E-state index contributed by atoms with van der Waals surface area (Å²) < 4.78 is 0. The fraction of sp³-hybridized carbons (Fsp3) is 0.588. The van der Waals surface area contributed by atoms with Crippen LogP contribution in [0, 0.1) is 17.8 Å². The zero-order chi connectivity index (χ0) is 16.0. The van der Waals surface area contributed by atoms with E-state index in [9.17, 15) is 10.0 Å². The molecule has 0 saturated heterocycles. The molecule has 0 heterocycles. The minimum absolute atomic E-state index is 0.262. The maximum Gasteiger partial charge on any atom is 0.251 e. The van der Waals surface area contributed by atoms with Gasteiger partial charge < -0.3 is 0 Å². The lowest BCUT2D eigenvalue weighted by molar-refractivity contribution is -0.0422. The second-order valence-corrected chi connectivity index (χ2v) is 7.47. The van der Waals surface area contributed by atoms with Crippen LogP contribution in [0.5, 0.6) is 0 Å². The lowest BCUT2D eigenvalue weighted by Crippen LogP contribution is -2.59. The summed E-state index contributed by atoms with van der Waals surface area (Å²) in [6.45, 7) is 0. The molecular formula is C17H20N4O2. The number of azide groups is 1. The van der Waals surface area contributed by atoms with Gasteiger partial charge in [0.25, 0.3) is 5.91 Å². The van der Waals surface area contributed by atoms with Crippen molar-refractivity contribution in [2.45, 2.75) is 44.1 Å². The molecule has 4 bridgehead atoms. The molecule has 0 atom stereocenters. The lowest BCUT2D eigenvalue weighted by Gasteiger charge is -2.59. The van der Waals surface area contributed by atoms with Crippen molar-refractivity contribution in [3.63, 3.8) is 0 Å². The number of anilines is 1. The fourth-order valence-electron chi connectivity index (χ4n) is 5.51. The van der Waals surface area contributed by atoms with Crippen LogP contribution in [0.25, 0.3) is 10.4 Å². The Bertz CT molecular complexity index is 660. The topological polar surface area (TPSA) is 89.3 Å². The van der Waals surface area contributed by atoms with E-state index in [1.165, 1.54) is 24.3 Å². The van der Waals surface area contributed by atoms with Gasteiger partial charge in [-0.1, -0.05) is 12.1 Å². The molecule has 23 heavy (non-hydrogen) atoms. The average Bonchev–Trinajstić information content (AvgIpc) is 2.53. The Balaban J connectivity index is 1.71. The number of nitrogens with zero attached hydrogens (tertiary/aromatic N) is 4. The molecule has 1 N–H and O–H groups in total. The van der Waals surface area contributed by atoms with Crippen LogP contribution >= 0.6 is 0 Å². The first-order valence-electron chi connectivity index (χ1n) is 8.29. The van der Waals surface area contributed by atoms with Crippen molar-refractivity contribution in [3.05, 3.63) is 40.3 Å². The molecule has 0 aliphatic heterocycles. The van der Waals surface area contributed by atoms with Crippen LogP contribution in [-0.2, 0) is 0 Å². The second-order valence-electron chi connectivity index (χ2n) is 7.47. The van der Waals surface area contributed by atoms with E-state index in [2.05, 4.69) is 10.0 Å². The predicted molar refractivity (Wildman–Crippen MR) is 85.1 cm³/mol. The number of carbonyl (C=O) groups excluding carboxylic acids is 1. The summed E-state index contributed by atoms with van der Waals surface area (Å²) in [5, 5.41) is 15.5. The lowest BCUT2D eigenvalue weighted by atomic mass is 9.53. The number of benzene rings is 1. The van der Waals surface area contributed by atoms with E-state index in [-0.39, 0.29) is 11.1 Å². The van der Waals surface area contributed by atoms with Crippen molar-refractivity contribution in [2.75, 3.05) is 5.06 Å². The van der Waals surface area contributed by atoms with Crippen LogP contribution in [-0.4, -0.2) is 16.7 Å². The molecule has 6 nitrogen and oxygen atoms in total. The summed E-state index contributed by atoms with van der Waals surface area (Å²) in [4.78, 5) is 14.6. The number of amides is 1. The van der Waals surface area contributed by atoms with Crippen LogP contribution in [0.4, 0.5) is 5.69 Å². The number of hydroxylamine groups is 1. The highest BCUT2D eigenvalue weighted by atomic mass is 16.5. The Morgan fingerprint density at radius 3 is 2.30 bits per heavy atom. The molecule has 0 spiro atoms. The summed E-state index contributed by atoms with van der Waals surface area (Å²) in [6.07, 6.45) is 6.81. The molecule has 0 radical (unpaired) electrons. The first kappa shape index (κ1) is 14.5. The molecule has 120 valence electrons. The Kier molecular flexibility index (Phi) is 3.32. The van der Waals surface area contributed by atoms with Crippen LogP contribution in [0.2, 0.25) is 0 Å². The number of rotatable bonds is 3. The van der Waals surface area contributed by atoms with Crippen molar-refractivity contribution < 1.29 is 10.0 Å². The molecule has 1 aromatic rings. The standard InChI is InChI=1S/C17H20N4O2/c18-20-19-16(22)14-3-1-2-4-15(14)21(23)17-8-11-5-12(9-17)7-13(6-11)10-17/h1-4,11-13,23H,5-10H2. The zero-order valence-electron chi connectivity index (χ0n) is 12.9. The molecule has 5 rings (SSSR count). The van der Waals surface area contributed by atoms with Crippen LogP contribution in [0.15, 0.2) is 29.4 Å². The first-order valence-corrected chi connectivity index (χ1v) is 8.29. The highest BCUT2D eigenvalue weighted by Crippen LogP contribution is 2.58. The average molecular weight is 312 g/mol. The van der Waals surface area contributed by atoms with Crippen molar-refractivity contribution in [1.29, 1.82) is 0 Å². The Morgan fingerprint density at radius 1 is 1.17 bits per heavy atom. The number of hydrogen-bond acceptors (Lipinski definition) is 3. The molecule has 4 saturated carbocycles. The SMILES string of the molecule is [N-]=[N+]=NC(=O)c1ccccc1N(O)C12CC3CC(CC(C3)C1)C2. The fourth-order valence-corrected chi connectivity index (χ4v) is 5.51. The van der Waals surface area contributed by atoms with Crippen LogP contribution < -0.4 is 5.06 Å². The van der Waals surface area contributed by atoms with Gasteiger partial charge in [0.2, 0.25) is 0 Å². The molecule has 0 unspecified atom stereocenters. The van der Waals surface area contributed by atoms with Gasteiger partial charge in [-0.15, -0.1) is 0 Å². The van der Waals surface area contributed by atoms with E-state index >= 15 is 0 Å². The van der Waals surface area contributed by atoms with Gasteiger partial charge in [0.15, 0.2) is 0 Å². The molecule has 4 aliphatic rings. The third kappa shape index (κ3) is 2.30.